The molecule has 3 N–H and O–H groups in total. The smallest absolute Gasteiger partial charge is 0.254 e. The number of nitrogens with one attached hydrogen (secondary N) is 1. The van der Waals surface area contributed by atoms with Gasteiger partial charge in [-0.05, 0) is 31.3 Å². The minimum Gasteiger partial charge on any atom is -0.398 e. The Bertz CT molecular complexity index is 1220. The van der Waals surface area contributed by atoms with Crippen molar-refractivity contribution in [2.75, 3.05) is 39.0 Å². The number of carbonyl (C=O) groups is 1. The normalized spacial score (nSPS) is 15.3. The first-order chi connectivity index (χ1) is 14.1. The van der Waals surface area contributed by atoms with E-state index in [4.69, 9.17) is 5.73 Å². The number of hydrogen-bond acceptors (Lipinski definition) is 5. The summed E-state index contributed by atoms with van der Waals surface area (Å²) in [6.07, 6.45) is 1.74. The van der Waals surface area contributed by atoms with Gasteiger partial charge in [-0.1, -0.05) is 18.2 Å². The number of carbonyl (C=O) groups excluding carboxylic acids is 1. The number of fused-ring (bicyclic) bond motifs is 2. The van der Waals surface area contributed by atoms with E-state index in [0.29, 0.717) is 17.1 Å². The number of aromatic nitrogens is 3. The first-order valence-corrected chi connectivity index (χ1v) is 9.71. The van der Waals surface area contributed by atoms with Gasteiger partial charge in [0, 0.05) is 43.3 Å². The Morgan fingerprint density at radius 1 is 1.07 bits per heavy atom. The highest BCUT2D eigenvalue weighted by atomic mass is 16.2. The fraction of sp³-hybridized carbons (Fsp3) is 0.227. The SMILES string of the molecule is CN1CCN(C(=O)c2ccc3nc(-c4cnc5ccccc5c4N)[nH]c3c2)CC1. The van der Waals surface area contributed by atoms with Crippen LogP contribution in [0.2, 0.25) is 0 Å². The van der Waals surface area contributed by atoms with Gasteiger partial charge in [0.15, 0.2) is 0 Å². The van der Waals surface area contributed by atoms with E-state index in [0.717, 1.165) is 53.7 Å². The average molecular weight is 386 g/mol. The molecule has 29 heavy (non-hydrogen) atoms. The summed E-state index contributed by atoms with van der Waals surface area (Å²) in [5.74, 6) is 0.711. The largest absolute Gasteiger partial charge is 0.398 e. The van der Waals surface area contributed by atoms with Crippen LogP contribution >= 0.6 is 0 Å². The maximum Gasteiger partial charge on any atom is 0.254 e. The van der Waals surface area contributed by atoms with Gasteiger partial charge in [0.05, 0.1) is 27.8 Å². The molecule has 0 unspecified atom stereocenters. The van der Waals surface area contributed by atoms with Crippen LogP contribution in [0.1, 0.15) is 10.4 Å². The lowest BCUT2D eigenvalue weighted by Gasteiger charge is -2.32. The van der Waals surface area contributed by atoms with Crippen molar-refractivity contribution in [1.29, 1.82) is 0 Å². The minimum atomic E-state index is 0.0584. The van der Waals surface area contributed by atoms with Crippen LogP contribution in [0.5, 0.6) is 0 Å². The molecular formula is C22H22N6O. The van der Waals surface area contributed by atoms with E-state index in [-0.39, 0.29) is 5.91 Å². The highest BCUT2D eigenvalue weighted by molar-refractivity contribution is 5.99. The molecule has 1 aliphatic rings. The number of nitrogens with zero attached hydrogens (tertiary/aromatic N) is 4. The van der Waals surface area contributed by atoms with Crippen LogP contribution in [-0.2, 0) is 0 Å². The van der Waals surface area contributed by atoms with Gasteiger partial charge in [0.25, 0.3) is 5.91 Å². The van der Waals surface area contributed by atoms with Crippen molar-refractivity contribution in [2.45, 2.75) is 0 Å². The first kappa shape index (κ1) is 17.6. The Morgan fingerprint density at radius 2 is 1.86 bits per heavy atom. The fourth-order valence-corrected chi connectivity index (χ4v) is 3.81. The molecule has 2 aromatic heterocycles. The standard InChI is InChI=1S/C22H22N6O/c1-27-8-10-28(11-9-27)22(29)14-6-7-18-19(12-14)26-21(25-18)16-13-24-17-5-3-2-4-15(17)20(16)23/h2-7,12-13H,8-11H2,1H3,(H2,23,24)(H,25,26). The maximum atomic E-state index is 12.9. The number of imidazole rings is 1. The van der Waals surface area contributed by atoms with Crippen molar-refractivity contribution in [3.63, 3.8) is 0 Å². The van der Waals surface area contributed by atoms with Gasteiger partial charge < -0.3 is 20.5 Å². The van der Waals surface area contributed by atoms with Gasteiger partial charge >= 0.3 is 0 Å². The first-order valence-electron chi connectivity index (χ1n) is 9.71. The molecule has 1 aliphatic heterocycles. The number of amides is 1. The summed E-state index contributed by atoms with van der Waals surface area (Å²) >= 11 is 0. The molecule has 1 saturated heterocycles. The zero-order chi connectivity index (χ0) is 20.0. The lowest BCUT2D eigenvalue weighted by molar-refractivity contribution is 0.0664. The Hall–Kier alpha value is -3.45. The van der Waals surface area contributed by atoms with E-state index in [9.17, 15) is 4.79 Å². The van der Waals surface area contributed by atoms with Crippen LogP contribution in [0, 0.1) is 0 Å². The molecule has 0 aliphatic carbocycles. The second kappa shape index (κ2) is 6.86. The van der Waals surface area contributed by atoms with Crippen LogP contribution < -0.4 is 5.73 Å². The molecule has 1 fully saturated rings. The molecule has 7 nitrogen and oxygen atoms in total. The maximum absolute atomic E-state index is 12.9. The van der Waals surface area contributed by atoms with E-state index < -0.39 is 0 Å². The summed E-state index contributed by atoms with van der Waals surface area (Å²) in [6, 6.07) is 13.4. The van der Waals surface area contributed by atoms with Crippen LogP contribution in [0.4, 0.5) is 5.69 Å². The summed E-state index contributed by atoms with van der Waals surface area (Å²) in [7, 11) is 2.08. The molecule has 0 saturated carbocycles. The molecule has 1 amide bonds. The molecule has 2 aromatic carbocycles. The summed E-state index contributed by atoms with van der Waals surface area (Å²) in [5.41, 5.74) is 10.9. The van der Waals surface area contributed by atoms with E-state index in [1.807, 2.05) is 47.4 Å². The molecule has 7 heteroatoms. The van der Waals surface area contributed by atoms with Crippen LogP contribution in [0.15, 0.2) is 48.7 Å². The van der Waals surface area contributed by atoms with Crippen molar-refractivity contribution in [3.05, 3.63) is 54.2 Å². The Labute approximate surface area is 168 Å². The number of pyridine rings is 1. The van der Waals surface area contributed by atoms with E-state index in [2.05, 4.69) is 26.9 Å². The average Bonchev–Trinajstić information content (AvgIpc) is 3.17. The number of rotatable bonds is 2. The Kier molecular flexibility index (Phi) is 4.17. The van der Waals surface area contributed by atoms with Crippen LogP contribution in [-0.4, -0.2) is 63.9 Å². The number of likely N-dealkylation sites (N-methyl/N-ethyl adjacent to an activating group) is 1. The number of aromatic amines is 1. The molecule has 146 valence electrons. The number of benzene rings is 2. The summed E-state index contributed by atoms with van der Waals surface area (Å²) in [5, 5.41) is 0.899. The van der Waals surface area contributed by atoms with E-state index in [1.165, 1.54) is 0 Å². The Balaban J connectivity index is 1.50. The predicted molar refractivity (Wildman–Crippen MR) is 115 cm³/mol. The number of nitrogen functional groups attached to an aromatic ring is 1. The zero-order valence-corrected chi connectivity index (χ0v) is 16.2. The molecule has 4 aromatic rings. The van der Waals surface area contributed by atoms with Gasteiger partial charge in [-0.3, -0.25) is 9.78 Å². The van der Waals surface area contributed by atoms with Gasteiger partial charge in [0.1, 0.15) is 5.82 Å². The molecule has 0 spiro atoms. The Morgan fingerprint density at radius 3 is 2.69 bits per heavy atom. The summed E-state index contributed by atoms with van der Waals surface area (Å²) in [4.78, 5) is 29.5. The number of anilines is 1. The monoisotopic (exact) mass is 386 g/mol. The van der Waals surface area contributed by atoms with Gasteiger partial charge in [-0.2, -0.15) is 0 Å². The summed E-state index contributed by atoms with van der Waals surface area (Å²) < 4.78 is 0. The molecule has 0 atom stereocenters. The third-order valence-electron chi connectivity index (χ3n) is 5.59. The number of hydrogen-bond donors (Lipinski definition) is 2. The van der Waals surface area contributed by atoms with Gasteiger partial charge in [0.2, 0.25) is 0 Å². The zero-order valence-electron chi connectivity index (χ0n) is 16.2. The second-order valence-corrected chi connectivity index (χ2v) is 7.52. The van der Waals surface area contributed by atoms with Gasteiger partial charge in [-0.15, -0.1) is 0 Å². The third-order valence-corrected chi connectivity index (χ3v) is 5.59. The van der Waals surface area contributed by atoms with Crippen LogP contribution in [0.25, 0.3) is 33.3 Å². The van der Waals surface area contributed by atoms with Crippen molar-refractivity contribution >= 4 is 33.5 Å². The number of H-pyrrole nitrogens is 1. The molecule has 0 bridgehead atoms. The highest BCUT2D eigenvalue weighted by Crippen LogP contribution is 2.30. The highest BCUT2D eigenvalue weighted by Gasteiger charge is 2.21. The molecular weight excluding hydrogens is 364 g/mol. The molecule has 3 heterocycles. The lowest BCUT2D eigenvalue weighted by atomic mass is 10.1. The van der Waals surface area contributed by atoms with Crippen LogP contribution in [0.3, 0.4) is 0 Å². The lowest BCUT2D eigenvalue weighted by Crippen LogP contribution is -2.47. The third kappa shape index (κ3) is 3.09. The fourth-order valence-electron chi connectivity index (χ4n) is 3.81. The van der Waals surface area contributed by atoms with E-state index >= 15 is 0 Å². The van der Waals surface area contributed by atoms with Crippen molar-refractivity contribution < 1.29 is 4.79 Å². The minimum absolute atomic E-state index is 0.0584. The quantitative estimate of drug-likeness (QED) is 0.553. The second-order valence-electron chi connectivity index (χ2n) is 7.52. The number of nitrogens with two attached hydrogens (primary N) is 1. The molecule has 5 rings (SSSR count). The van der Waals surface area contributed by atoms with Gasteiger partial charge in [-0.25, -0.2) is 4.98 Å². The van der Waals surface area contributed by atoms with Crippen molar-refractivity contribution in [2.24, 2.45) is 0 Å². The van der Waals surface area contributed by atoms with Crippen molar-refractivity contribution in [3.8, 4) is 11.4 Å². The number of piperazine rings is 1. The predicted octanol–water partition coefficient (Wildman–Crippen LogP) is 2.75. The molecule has 0 radical (unpaired) electrons. The van der Waals surface area contributed by atoms with Crippen molar-refractivity contribution in [1.82, 2.24) is 24.8 Å². The summed E-state index contributed by atoms with van der Waals surface area (Å²) in [6.45, 7) is 3.30. The number of para-hydroxylation sites is 1. The topological polar surface area (TPSA) is 91.1 Å². The van der Waals surface area contributed by atoms with E-state index in [1.54, 1.807) is 6.20 Å².